The molecular weight excluding hydrogens is 324 g/mol. The van der Waals surface area contributed by atoms with E-state index in [1.165, 1.54) is 18.2 Å². The van der Waals surface area contributed by atoms with Crippen molar-refractivity contribution in [1.29, 1.82) is 0 Å². The fourth-order valence-corrected chi connectivity index (χ4v) is 3.05. The number of hydrogen-bond donors (Lipinski definition) is 2. The second-order valence-electron chi connectivity index (χ2n) is 6.00. The quantitative estimate of drug-likeness (QED) is 0.709. The van der Waals surface area contributed by atoms with E-state index in [1.807, 2.05) is 0 Å². The molecule has 3 aromatic rings. The molecule has 0 aliphatic carbocycles. The van der Waals surface area contributed by atoms with Gasteiger partial charge >= 0.3 is 5.63 Å². The van der Waals surface area contributed by atoms with E-state index in [2.05, 4.69) is 10.5 Å². The summed E-state index contributed by atoms with van der Waals surface area (Å²) >= 11 is 0. The molecule has 0 spiro atoms. The van der Waals surface area contributed by atoms with Gasteiger partial charge in [-0.1, -0.05) is 5.16 Å². The minimum Gasteiger partial charge on any atom is -0.508 e. The Morgan fingerprint density at radius 3 is 2.64 bits per heavy atom. The lowest BCUT2D eigenvalue weighted by Crippen LogP contribution is -2.32. The van der Waals surface area contributed by atoms with Crippen LogP contribution in [-0.4, -0.2) is 16.2 Å². The number of aryl methyl sites for hydroxylation is 3. The molecule has 25 heavy (non-hydrogen) atoms. The molecule has 0 saturated carbocycles. The Morgan fingerprint density at radius 1 is 1.28 bits per heavy atom. The second kappa shape index (κ2) is 6.08. The molecule has 2 N–H and O–H groups in total. The average molecular weight is 342 g/mol. The number of fused-ring (bicyclic) bond motifs is 1. The van der Waals surface area contributed by atoms with Gasteiger partial charge in [-0.3, -0.25) is 4.79 Å². The molecule has 130 valence electrons. The van der Waals surface area contributed by atoms with Gasteiger partial charge in [0.15, 0.2) is 0 Å². The zero-order valence-electron chi connectivity index (χ0n) is 14.3. The van der Waals surface area contributed by atoms with Crippen LogP contribution in [0.3, 0.4) is 0 Å². The number of nitrogens with one attached hydrogen (secondary N) is 1. The van der Waals surface area contributed by atoms with E-state index in [1.54, 1.807) is 27.7 Å². The first kappa shape index (κ1) is 16.8. The largest absolute Gasteiger partial charge is 0.508 e. The van der Waals surface area contributed by atoms with Crippen molar-refractivity contribution in [2.75, 3.05) is 0 Å². The number of carbonyl (C=O) groups is 1. The number of benzene rings is 1. The van der Waals surface area contributed by atoms with E-state index in [4.69, 9.17) is 8.94 Å². The molecule has 0 radical (unpaired) electrons. The van der Waals surface area contributed by atoms with Gasteiger partial charge in [0.05, 0.1) is 11.7 Å². The Hall–Kier alpha value is -3.09. The fourth-order valence-electron chi connectivity index (χ4n) is 3.05. The number of rotatable bonds is 3. The minimum atomic E-state index is -0.723. The predicted molar refractivity (Wildman–Crippen MR) is 90.7 cm³/mol. The number of amides is 1. The summed E-state index contributed by atoms with van der Waals surface area (Å²) in [5, 5.41) is 16.8. The molecule has 7 nitrogen and oxygen atoms in total. The third-order valence-corrected chi connectivity index (χ3v) is 4.25. The summed E-state index contributed by atoms with van der Waals surface area (Å²) in [4.78, 5) is 24.9. The van der Waals surface area contributed by atoms with Gasteiger partial charge in [-0.05, 0) is 51.5 Å². The van der Waals surface area contributed by atoms with Crippen LogP contribution in [0.5, 0.6) is 5.75 Å². The van der Waals surface area contributed by atoms with Crippen LogP contribution < -0.4 is 10.9 Å². The lowest BCUT2D eigenvalue weighted by molar-refractivity contribution is 0.0935. The molecule has 1 amide bonds. The first-order chi connectivity index (χ1) is 11.8. The highest BCUT2D eigenvalue weighted by atomic mass is 16.5. The smallest absolute Gasteiger partial charge is 0.349 e. The molecule has 0 unspecified atom stereocenters. The van der Waals surface area contributed by atoms with Crippen molar-refractivity contribution < 1.29 is 18.8 Å². The molecular formula is C18H18N2O5. The zero-order chi connectivity index (χ0) is 18.3. The Morgan fingerprint density at radius 2 is 2.00 bits per heavy atom. The Labute approximate surface area is 143 Å². The first-order valence-electron chi connectivity index (χ1n) is 7.79. The third-order valence-electron chi connectivity index (χ3n) is 4.25. The maximum Gasteiger partial charge on any atom is 0.349 e. The predicted octanol–water partition coefficient (Wildman–Crippen LogP) is 2.90. The second-order valence-corrected chi connectivity index (χ2v) is 6.00. The molecule has 2 aromatic heterocycles. The average Bonchev–Trinajstić information content (AvgIpc) is 2.87. The summed E-state index contributed by atoms with van der Waals surface area (Å²) in [6, 6.07) is 3.98. The maximum atomic E-state index is 12.7. The number of phenols is 1. The van der Waals surface area contributed by atoms with E-state index in [9.17, 15) is 14.7 Å². The van der Waals surface area contributed by atoms with E-state index in [0.29, 0.717) is 28.0 Å². The lowest BCUT2D eigenvalue weighted by Gasteiger charge is -2.14. The van der Waals surface area contributed by atoms with Gasteiger partial charge in [0.1, 0.15) is 22.7 Å². The molecule has 1 aromatic carbocycles. The molecule has 0 bridgehead atoms. The molecule has 0 aliphatic heterocycles. The third kappa shape index (κ3) is 2.88. The molecule has 2 heterocycles. The summed E-state index contributed by atoms with van der Waals surface area (Å²) in [5.41, 5.74) is 1.41. The Balaban J connectivity index is 2.01. The van der Waals surface area contributed by atoms with Crippen molar-refractivity contribution in [3.63, 3.8) is 0 Å². The minimum absolute atomic E-state index is 0.0277. The van der Waals surface area contributed by atoms with E-state index in [-0.39, 0.29) is 11.3 Å². The van der Waals surface area contributed by atoms with Crippen molar-refractivity contribution in [3.8, 4) is 5.75 Å². The van der Waals surface area contributed by atoms with Gasteiger partial charge in [0, 0.05) is 10.9 Å². The molecule has 3 rings (SSSR count). The SMILES string of the molecule is Cc1noc(C)c1[C@H](C)NC(=O)c1c(C)c2cc(O)ccc2oc1=O. The summed E-state index contributed by atoms with van der Waals surface area (Å²) in [6.45, 7) is 6.98. The zero-order valence-corrected chi connectivity index (χ0v) is 14.3. The van der Waals surface area contributed by atoms with E-state index < -0.39 is 17.6 Å². The maximum absolute atomic E-state index is 12.7. The fraction of sp³-hybridized carbons (Fsp3) is 0.278. The molecule has 1 atom stereocenters. The molecule has 0 saturated heterocycles. The van der Waals surface area contributed by atoms with Crippen LogP contribution in [0.25, 0.3) is 11.0 Å². The van der Waals surface area contributed by atoms with Gasteiger partial charge in [-0.2, -0.15) is 0 Å². The molecule has 0 fully saturated rings. The summed E-state index contributed by atoms with van der Waals surface area (Å²) < 4.78 is 10.3. The van der Waals surface area contributed by atoms with Crippen molar-refractivity contribution in [1.82, 2.24) is 10.5 Å². The molecule has 7 heteroatoms. The van der Waals surface area contributed by atoms with Crippen LogP contribution in [0.1, 0.15) is 45.9 Å². The van der Waals surface area contributed by atoms with Gasteiger partial charge in [0.2, 0.25) is 0 Å². The van der Waals surface area contributed by atoms with Crippen molar-refractivity contribution in [2.24, 2.45) is 0 Å². The van der Waals surface area contributed by atoms with Crippen LogP contribution in [0.2, 0.25) is 0 Å². The number of carbonyl (C=O) groups excluding carboxylic acids is 1. The van der Waals surface area contributed by atoms with Crippen molar-refractivity contribution in [2.45, 2.75) is 33.7 Å². The highest BCUT2D eigenvalue weighted by Gasteiger charge is 2.23. The Kier molecular flexibility index (Phi) is 4.08. The number of aromatic hydroxyl groups is 1. The summed E-state index contributed by atoms with van der Waals surface area (Å²) in [5.74, 6) is 0.0846. The summed E-state index contributed by atoms with van der Waals surface area (Å²) in [7, 11) is 0. The van der Waals surface area contributed by atoms with Gasteiger partial charge < -0.3 is 19.4 Å². The van der Waals surface area contributed by atoms with Crippen LogP contribution in [0.4, 0.5) is 0 Å². The lowest BCUT2D eigenvalue weighted by atomic mass is 10.0. The summed E-state index contributed by atoms with van der Waals surface area (Å²) in [6.07, 6.45) is 0. The first-order valence-corrected chi connectivity index (χ1v) is 7.79. The van der Waals surface area contributed by atoms with Crippen molar-refractivity contribution in [3.05, 3.63) is 56.8 Å². The number of hydrogen-bond acceptors (Lipinski definition) is 6. The van der Waals surface area contributed by atoms with Gasteiger partial charge in [-0.15, -0.1) is 0 Å². The van der Waals surface area contributed by atoms with Crippen LogP contribution >= 0.6 is 0 Å². The standard InChI is InChI=1S/C18H18N2O5/c1-8-13-7-12(21)5-6-14(13)24-18(23)15(8)17(22)19-9(2)16-10(3)20-25-11(16)4/h5-7,9,21H,1-4H3,(H,19,22)/t9-/m0/s1. The highest BCUT2D eigenvalue weighted by Crippen LogP contribution is 2.25. The Bertz CT molecular complexity index is 1010. The highest BCUT2D eigenvalue weighted by molar-refractivity contribution is 5.99. The van der Waals surface area contributed by atoms with E-state index in [0.717, 1.165) is 5.56 Å². The normalized spacial score (nSPS) is 12.3. The van der Waals surface area contributed by atoms with Gasteiger partial charge in [0.25, 0.3) is 5.91 Å². The van der Waals surface area contributed by atoms with Crippen LogP contribution in [0.15, 0.2) is 31.9 Å². The number of aromatic nitrogens is 1. The van der Waals surface area contributed by atoms with Crippen molar-refractivity contribution >= 4 is 16.9 Å². The number of nitrogens with zero attached hydrogens (tertiary/aromatic N) is 1. The van der Waals surface area contributed by atoms with Gasteiger partial charge in [-0.25, -0.2) is 4.79 Å². The molecule has 0 aliphatic rings. The van der Waals surface area contributed by atoms with Crippen LogP contribution in [0, 0.1) is 20.8 Å². The topological polar surface area (TPSA) is 106 Å². The number of phenolic OH excluding ortho intramolecular Hbond substituents is 1. The van der Waals surface area contributed by atoms with E-state index >= 15 is 0 Å². The van der Waals surface area contributed by atoms with Crippen LogP contribution in [-0.2, 0) is 0 Å². The monoisotopic (exact) mass is 342 g/mol.